The van der Waals surface area contributed by atoms with Crippen LogP contribution in [0.3, 0.4) is 0 Å². The van der Waals surface area contributed by atoms with E-state index in [1.807, 2.05) is 43.0 Å². The summed E-state index contributed by atoms with van der Waals surface area (Å²) in [4.78, 5) is 0. The number of hydrogen-bond acceptors (Lipinski definition) is 2. The summed E-state index contributed by atoms with van der Waals surface area (Å²) in [5.74, 6) is 0.887. The van der Waals surface area contributed by atoms with Crippen LogP contribution < -0.4 is 10.2 Å². The standard InChI is InChI=1S/C10H11BN2O/c1-14-10-7-8(3-4-9(10)11)13-6-2-5-12-13/h2-7H,11H2,1H3. The topological polar surface area (TPSA) is 27.1 Å². The summed E-state index contributed by atoms with van der Waals surface area (Å²) in [6.45, 7) is 0. The lowest BCUT2D eigenvalue weighted by atomic mass is 9.95. The van der Waals surface area contributed by atoms with E-state index in [1.165, 1.54) is 0 Å². The Morgan fingerprint density at radius 1 is 1.43 bits per heavy atom. The number of nitrogens with zero attached hydrogens (tertiary/aromatic N) is 2. The minimum Gasteiger partial charge on any atom is -0.497 e. The number of methoxy groups -OCH3 is 1. The Labute approximate surface area is 83.7 Å². The van der Waals surface area contributed by atoms with Crippen LogP contribution in [0.2, 0.25) is 0 Å². The molecule has 0 atom stereocenters. The van der Waals surface area contributed by atoms with Gasteiger partial charge in [-0.25, -0.2) is 4.68 Å². The molecule has 0 radical (unpaired) electrons. The second-order valence-corrected chi connectivity index (χ2v) is 3.10. The lowest BCUT2D eigenvalue weighted by Gasteiger charge is -2.07. The van der Waals surface area contributed by atoms with Gasteiger partial charge in [0.2, 0.25) is 0 Å². The molecule has 0 aliphatic heterocycles. The predicted octanol–water partition coefficient (Wildman–Crippen LogP) is 0.139. The van der Waals surface area contributed by atoms with Crippen molar-refractivity contribution in [2.75, 3.05) is 7.11 Å². The van der Waals surface area contributed by atoms with Gasteiger partial charge in [-0.15, -0.1) is 0 Å². The second kappa shape index (κ2) is 3.58. The van der Waals surface area contributed by atoms with Crippen molar-refractivity contribution in [3.63, 3.8) is 0 Å². The molecular formula is C10H11BN2O. The molecule has 0 amide bonds. The first-order chi connectivity index (χ1) is 6.81. The molecule has 0 bridgehead atoms. The van der Waals surface area contributed by atoms with Crippen molar-refractivity contribution in [1.82, 2.24) is 9.78 Å². The van der Waals surface area contributed by atoms with Gasteiger partial charge < -0.3 is 4.74 Å². The molecule has 2 aromatic rings. The van der Waals surface area contributed by atoms with Crippen LogP contribution in [0.15, 0.2) is 36.7 Å². The molecule has 0 spiro atoms. The molecule has 0 fully saturated rings. The van der Waals surface area contributed by atoms with Crippen molar-refractivity contribution >= 4 is 13.3 Å². The van der Waals surface area contributed by atoms with Gasteiger partial charge in [0.05, 0.1) is 12.8 Å². The zero-order valence-corrected chi connectivity index (χ0v) is 8.27. The van der Waals surface area contributed by atoms with E-state index >= 15 is 0 Å². The number of aromatic nitrogens is 2. The zero-order chi connectivity index (χ0) is 9.97. The molecule has 0 aliphatic rings. The molecule has 0 N–H and O–H groups in total. The highest BCUT2D eigenvalue weighted by atomic mass is 16.5. The van der Waals surface area contributed by atoms with Crippen molar-refractivity contribution in [2.24, 2.45) is 0 Å². The summed E-state index contributed by atoms with van der Waals surface area (Å²) in [5, 5.41) is 4.15. The van der Waals surface area contributed by atoms with Gasteiger partial charge in [-0.05, 0) is 17.6 Å². The zero-order valence-electron chi connectivity index (χ0n) is 8.27. The lowest BCUT2D eigenvalue weighted by Crippen LogP contribution is -2.08. The third-order valence-electron chi connectivity index (χ3n) is 2.16. The third kappa shape index (κ3) is 1.51. The van der Waals surface area contributed by atoms with Gasteiger partial charge in [0.1, 0.15) is 13.6 Å². The normalized spacial score (nSPS) is 10.1. The second-order valence-electron chi connectivity index (χ2n) is 3.10. The number of benzene rings is 1. The SMILES string of the molecule is Bc1ccc(-n2cccn2)cc1OC. The first kappa shape index (κ1) is 8.87. The Morgan fingerprint density at radius 2 is 2.29 bits per heavy atom. The lowest BCUT2D eigenvalue weighted by molar-refractivity contribution is 0.418. The van der Waals surface area contributed by atoms with E-state index in [0.29, 0.717) is 0 Å². The van der Waals surface area contributed by atoms with E-state index in [2.05, 4.69) is 5.10 Å². The fourth-order valence-corrected chi connectivity index (χ4v) is 1.37. The third-order valence-corrected chi connectivity index (χ3v) is 2.16. The van der Waals surface area contributed by atoms with Crippen LogP contribution in [-0.4, -0.2) is 24.7 Å². The highest BCUT2D eigenvalue weighted by molar-refractivity contribution is 6.34. The van der Waals surface area contributed by atoms with Gasteiger partial charge in [-0.3, -0.25) is 0 Å². The molecule has 1 aromatic heterocycles. The average molecular weight is 186 g/mol. The summed E-state index contributed by atoms with van der Waals surface area (Å²) < 4.78 is 7.05. The van der Waals surface area contributed by atoms with Gasteiger partial charge >= 0.3 is 0 Å². The first-order valence-electron chi connectivity index (χ1n) is 4.46. The van der Waals surface area contributed by atoms with Crippen molar-refractivity contribution in [2.45, 2.75) is 0 Å². The minimum absolute atomic E-state index is 0.887. The van der Waals surface area contributed by atoms with Crippen LogP contribution in [0.25, 0.3) is 5.69 Å². The Hall–Kier alpha value is -1.71. The largest absolute Gasteiger partial charge is 0.497 e. The van der Waals surface area contributed by atoms with E-state index in [1.54, 1.807) is 13.3 Å². The van der Waals surface area contributed by atoms with Gasteiger partial charge in [0.25, 0.3) is 0 Å². The molecule has 0 saturated heterocycles. The predicted molar refractivity (Wildman–Crippen MR) is 58.3 cm³/mol. The van der Waals surface area contributed by atoms with Crippen LogP contribution in [0.5, 0.6) is 5.75 Å². The fraction of sp³-hybridized carbons (Fsp3) is 0.100. The number of hydrogen-bond donors (Lipinski definition) is 0. The van der Waals surface area contributed by atoms with Crippen LogP contribution >= 0.6 is 0 Å². The van der Waals surface area contributed by atoms with Crippen molar-refractivity contribution in [1.29, 1.82) is 0 Å². The molecule has 1 aromatic carbocycles. The fourth-order valence-electron chi connectivity index (χ4n) is 1.37. The smallest absolute Gasteiger partial charge is 0.144 e. The van der Waals surface area contributed by atoms with E-state index in [9.17, 15) is 0 Å². The molecule has 2 rings (SSSR count). The summed E-state index contributed by atoms with van der Waals surface area (Å²) in [6, 6.07) is 7.91. The molecule has 0 unspecified atom stereocenters. The van der Waals surface area contributed by atoms with Crippen LogP contribution in [0.4, 0.5) is 0 Å². The summed E-state index contributed by atoms with van der Waals surface area (Å²) in [6.07, 6.45) is 3.66. The number of rotatable bonds is 2. The maximum absolute atomic E-state index is 5.24. The molecule has 3 nitrogen and oxygen atoms in total. The summed E-state index contributed by atoms with van der Waals surface area (Å²) in [5.41, 5.74) is 2.14. The van der Waals surface area contributed by atoms with Gasteiger partial charge in [0.15, 0.2) is 0 Å². The van der Waals surface area contributed by atoms with Crippen molar-refractivity contribution in [3.05, 3.63) is 36.7 Å². The monoisotopic (exact) mass is 186 g/mol. The summed E-state index contributed by atoms with van der Waals surface area (Å²) >= 11 is 0. The van der Waals surface area contributed by atoms with Crippen molar-refractivity contribution in [3.8, 4) is 11.4 Å². The van der Waals surface area contributed by atoms with Crippen molar-refractivity contribution < 1.29 is 4.74 Å². The van der Waals surface area contributed by atoms with Gasteiger partial charge in [0, 0.05) is 18.5 Å². The van der Waals surface area contributed by atoms with Crippen LogP contribution in [0.1, 0.15) is 0 Å². The van der Waals surface area contributed by atoms with Crippen LogP contribution in [0, 0.1) is 0 Å². The summed E-state index contributed by atoms with van der Waals surface area (Å²) in [7, 11) is 3.70. The molecule has 0 aliphatic carbocycles. The van der Waals surface area contributed by atoms with Gasteiger partial charge in [-0.1, -0.05) is 6.07 Å². The molecule has 70 valence electrons. The molecule has 4 heteroatoms. The molecule has 14 heavy (non-hydrogen) atoms. The molecule has 1 heterocycles. The first-order valence-corrected chi connectivity index (χ1v) is 4.46. The highest BCUT2D eigenvalue weighted by Crippen LogP contribution is 2.12. The Kier molecular flexibility index (Phi) is 2.27. The number of ether oxygens (including phenoxy) is 1. The van der Waals surface area contributed by atoms with Gasteiger partial charge in [-0.2, -0.15) is 5.10 Å². The van der Waals surface area contributed by atoms with Crippen LogP contribution in [-0.2, 0) is 0 Å². The van der Waals surface area contributed by atoms with E-state index in [0.717, 1.165) is 16.9 Å². The minimum atomic E-state index is 0.887. The van der Waals surface area contributed by atoms with E-state index < -0.39 is 0 Å². The quantitative estimate of drug-likeness (QED) is 0.623. The Morgan fingerprint density at radius 3 is 2.93 bits per heavy atom. The Bertz CT molecular complexity index is 426. The average Bonchev–Trinajstić information content (AvgIpc) is 2.71. The maximum atomic E-state index is 5.24. The molecular weight excluding hydrogens is 175 g/mol. The highest BCUT2D eigenvalue weighted by Gasteiger charge is 2.01. The molecule has 0 saturated carbocycles. The Balaban J connectivity index is 2.46. The van der Waals surface area contributed by atoms with E-state index in [4.69, 9.17) is 4.74 Å². The van der Waals surface area contributed by atoms with E-state index in [-0.39, 0.29) is 0 Å². The maximum Gasteiger partial charge on any atom is 0.144 e.